The Balaban J connectivity index is 2.04. The summed E-state index contributed by atoms with van der Waals surface area (Å²) in [6.45, 7) is 2.06. The van der Waals surface area contributed by atoms with Crippen molar-refractivity contribution in [1.82, 2.24) is 9.97 Å². The molecule has 1 atom stereocenters. The summed E-state index contributed by atoms with van der Waals surface area (Å²) in [7, 11) is 3.51. The average Bonchev–Trinajstić information content (AvgIpc) is 2.84. The summed E-state index contributed by atoms with van der Waals surface area (Å²) in [6, 6.07) is 2.29. The summed E-state index contributed by atoms with van der Waals surface area (Å²) in [5.41, 5.74) is 1.28. The summed E-state index contributed by atoms with van der Waals surface area (Å²) < 4.78 is 13.5. The molecule has 19 heavy (non-hydrogen) atoms. The molecule has 2 rings (SSSR count). The van der Waals surface area contributed by atoms with Gasteiger partial charge in [-0.3, -0.25) is 0 Å². The maximum absolute atomic E-state index is 13.5. The monoisotopic (exact) mass is 280 g/mol. The highest BCUT2D eigenvalue weighted by atomic mass is 32.1. The van der Waals surface area contributed by atoms with Crippen molar-refractivity contribution < 1.29 is 4.39 Å². The van der Waals surface area contributed by atoms with E-state index >= 15 is 0 Å². The van der Waals surface area contributed by atoms with Gasteiger partial charge in [0.25, 0.3) is 0 Å². The quantitative estimate of drug-likeness (QED) is 0.914. The zero-order chi connectivity index (χ0) is 13.8. The highest BCUT2D eigenvalue weighted by Gasteiger charge is 2.11. The smallest absolute Gasteiger partial charge is 0.225 e. The third kappa shape index (κ3) is 3.64. The molecule has 0 aliphatic heterocycles. The van der Waals surface area contributed by atoms with Crippen LogP contribution in [0, 0.1) is 5.82 Å². The van der Waals surface area contributed by atoms with E-state index in [2.05, 4.69) is 39.0 Å². The van der Waals surface area contributed by atoms with Crippen molar-refractivity contribution in [3.05, 3.63) is 34.4 Å². The van der Waals surface area contributed by atoms with Crippen molar-refractivity contribution >= 4 is 23.1 Å². The van der Waals surface area contributed by atoms with Gasteiger partial charge in [-0.15, -0.1) is 0 Å². The molecule has 0 aromatic carbocycles. The van der Waals surface area contributed by atoms with E-state index in [4.69, 9.17) is 0 Å². The molecule has 1 N–H and O–H groups in total. The van der Waals surface area contributed by atoms with E-state index in [9.17, 15) is 4.39 Å². The van der Waals surface area contributed by atoms with Crippen molar-refractivity contribution in [3.8, 4) is 0 Å². The lowest BCUT2D eigenvalue weighted by Crippen LogP contribution is -2.21. The van der Waals surface area contributed by atoms with Crippen LogP contribution < -0.4 is 10.2 Å². The van der Waals surface area contributed by atoms with Crippen LogP contribution in [0.2, 0.25) is 0 Å². The van der Waals surface area contributed by atoms with Crippen LogP contribution in [-0.2, 0) is 6.42 Å². The summed E-state index contributed by atoms with van der Waals surface area (Å²) in [5.74, 6) is 0.328. The molecule has 0 saturated carbocycles. The van der Waals surface area contributed by atoms with Crippen molar-refractivity contribution in [3.63, 3.8) is 0 Å². The number of nitrogens with zero attached hydrogens (tertiary/aromatic N) is 3. The largest absolute Gasteiger partial charge is 0.360 e. The predicted octanol–water partition coefficient (Wildman–Crippen LogP) is 2.79. The molecule has 0 aliphatic rings. The third-order valence-electron chi connectivity index (χ3n) is 2.65. The topological polar surface area (TPSA) is 41.1 Å². The second-order valence-corrected chi connectivity index (χ2v) is 5.42. The summed E-state index contributed by atoms with van der Waals surface area (Å²) in [5, 5.41) is 7.37. The van der Waals surface area contributed by atoms with Crippen LogP contribution in [0.4, 0.5) is 16.2 Å². The molecular formula is C13H17FN4S. The lowest BCUT2D eigenvalue weighted by atomic mass is 10.1. The zero-order valence-corrected chi connectivity index (χ0v) is 12.0. The van der Waals surface area contributed by atoms with Crippen molar-refractivity contribution in [1.29, 1.82) is 0 Å². The fourth-order valence-corrected chi connectivity index (χ4v) is 2.46. The van der Waals surface area contributed by atoms with Gasteiger partial charge in [-0.2, -0.15) is 16.3 Å². The first-order valence-electron chi connectivity index (χ1n) is 6.03. The Morgan fingerprint density at radius 1 is 1.47 bits per heavy atom. The van der Waals surface area contributed by atoms with Gasteiger partial charge in [0, 0.05) is 20.1 Å². The van der Waals surface area contributed by atoms with E-state index in [-0.39, 0.29) is 6.04 Å². The molecule has 2 aromatic rings. The average molecular weight is 280 g/mol. The standard InChI is InChI=1S/C13H17FN4S/c1-9(6-10-4-5-19-8-10)16-13-15-7-11(14)12(17-13)18(2)3/h4-5,7-9H,6H2,1-3H3,(H,15,16,17). The first-order chi connectivity index (χ1) is 9.06. The van der Waals surface area contributed by atoms with E-state index in [0.717, 1.165) is 6.42 Å². The Bertz CT molecular complexity index is 527. The van der Waals surface area contributed by atoms with E-state index in [1.807, 2.05) is 0 Å². The minimum absolute atomic E-state index is 0.190. The first-order valence-corrected chi connectivity index (χ1v) is 6.98. The molecular weight excluding hydrogens is 263 g/mol. The maximum Gasteiger partial charge on any atom is 0.225 e. The number of aromatic nitrogens is 2. The molecule has 0 fully saturated rings. The summed E-state index contributed by atoms with van der Waals surface area (Å²) in [4.78, 5) is 9.77. The summed E-state index contributed by atoms with van der Waals surface area (Å²) in [6.07, 6.45) is 2.09. The molecule has 0 spiro atoms. The SMILES string of the molecule is CC(Cc1ccsc1)Nc1ncc(F)c(N(C)C)n1. The Labute approximate surface area is 116 Å². The Hall–Kier alpha value is -1.69. The van der Waals surface area contributed by atoms with Crippen LogP contribution in [0.15, 0.2) is 23.0 Å². The van der Waals surface area contributed by atoms with Gasteiger partial charge < -0.3 is 10.2 Å². The van der Waals surface area contributed by atoms with Gasteiger partial charge in [-0.05, 0) is 35.7 Å². The molecule has 0 saturated heterocycles. The predicted molar refractivity (Wildman–Crippen MR) is 77.4 cm³/mol. The molecule has 2 heterocycles. The maximum atomic E-state index is 13.5. The van der Waals surface area contributed by atoms with E-state index in [0.29, 0.717) is 11.8 Å². The van der Waals surface area contributed by atoms with Crippen LogP contribution in [0.25, 0.3) is 0 Å². The van der Waals surface area contributed by atoms with Crippen molar-refractivity contribution in [2.45, 2.75) is 19.4 Å². The van der Waals surface area contributed by atoms with Crippen molar-refractivity contribution in [2.24, 2.45) is 0 Å². The lowest BCUT2D eigenvalue weighted by molar-refractivity contribution is 0.611. The van der Waals surface area contributed by atoms with Crippen molar-refractivity contribution in [2.75, 3.05) is 24.3 Å². The third-order valence-corrected chi connectivity index (χ3v) is 3.38. The highest BCUT2D eigenvalue weighted by molar-refractivity contribution is 7.07. The Kier molecular flexibility index (Phi) is 4.31. The fourth-order valence-electron chi connectivity index (χ4n) is 1.78. The molecule has 0 amide bonds. The van der Waals surface area contributed by atoms with Gasteiger partial charge in [0.05, 0.1) is 6.20 Å². The molecule has 2 aromatic heterocycles. The Morgan fingerprint density at radius 2 is 2.26 bits per heavy atom. The molecule has 1 unspecified atom stereocenters. The van der Waals surface area contributed by atoms with Crippen LogP contribution in [-0.4, -0.2) is 30.1 Å². The second-order valence-electron chi connectivity index (χ2n) is 4.64. The van der Waals surface area contributed by atoms with Crippen LogP contribution in [0.1, 0.15) is 12.5 Å². The normalized spacial score (nSPS) is 12.2. The number of hydrogen-bond donors (Lipinski definition) is 1. The van der Waals surface area contributed by atoms with Gasteiger partial charge in [0.1, 0.15) is 0 Å². The molecule has 0 radical (unpaired) electrons. The lowest BCUT2D eigenvalue weighted by Gasteiger charge is -2.16. The van der Waals surface area contributed by atoms with Crippen LogP contribution in [0.5, 0.6) is 0 Å². The fraction of sp³-hybridized carbons (Fsp3) is 0.385. The number of anilines is 2. The van der Waals surface area contributed by atoms with Gasteiger partial charge in [-0.1, -0.05) is 0 Å². The number of rotatable bonds is 5. The van der Waals surface area contributed by atoms with E-state index < -0.39 is 5.82 Å². The number of nitrogens with one attached hydrogen (secondary N) is 1. The number of halogens is 1. The number of thiophene rings is 1. The minimum atomic E-state index is -0.416. The van der Waals surface area contributed by atoms with Crippen LogP contribution >= 0.6 is 11.3 Å². The molecule has 102 valence electrons. The Morgan fingerprint density at radius 3 is 2.89 bits per heavy atom. The van der Waals surface area contributed by atoms with Gasteiger partial charge in [0.2, 0.25) is 5.95 Å². The molecule has 0 bridgehead atoms. The van der Waals surface area contributed by atoms with E-state index in [1.165, 1.54) is 11.8 Å². The molecule has 6 heteroatoms. The van der Waals surface area contributed by atoms with Gasteiger partial charge in [-0.25, -0.2) is 9.37 Å². The van der Waals surface area contributed by atoms with Gasteiger partial charge >= 0.3 is 0 Å². The second kappa shape index (κ2) is 5.97. The van der Waals surface area contributed by atoms with E-state index in [1.54, 1.807) is 30.3 Å². The molecule has 0 aliphatic carbocycles. The zero-order valence-electron chi connectivity index (χ0n) is 11.2. The van der Waals surface area contributed by atoms with Crippen LogP contribution in [0.3, 0.4) is 0 Å². The minimum Gasteiger partial charge on any atom is -0.360 e. The van der Waals surface area contributed by atoms with Gasteiger partial charge in [0.15, 0.2) is 11.6 Å². The first kappa shape index (κ1) is 13.7. The summed E-state index contributed by atoms with van der Waals surface area (Å²) >= 11 is 1.68. The highest BCUT2D eigenvalue weighted by Crippen LogP contribution is 2.16. The molecule has 4 nitrogen and oxygen atoms in total. The number of hydrogen-bond acceptors (Lipinski definition) is 5.